The molecule has 3 N–H and O–H groups in total. The van der Waals surface area contributed by atoms with Gasteiger partial charge in [-0.25, -0.2) is 14.2 Å². The highest BCUT2D eigenvalue weighted by Gasteiger charge is 2.41. The van der Waals surface area contributed by atoms with E-state index in [2.05, 4.69) is 20.4 Å². The molecule has 1 aliphatic carbocycles. The Morgan fingerprint density at radius 1 is 1.12 bits per heavy atom. The summed E-state index contributed by atoms with van der Waals surface area (Å²) in [5.74, 6) is 1.22. The van der Waals surface area contributed by atoms with Gasteiger partial charge in [0.15, 0.2) is 5.69 Å². The minimum Gasteiger partial charge on any atom is -0.374 e. The van der Waals surface area contributed by atoms with Crippen molar-refractivity contribution in [3.63, 3.8) is 0 Å². The van der Waals surface area contributed by atoms with E-state index >= 15 is 0 Å². The van der Waals surface area contributed by atoms with Crippen LogP contribution in [0.15, 0.2) is 53.2 Å². The predicted molar refractivity (Wildman–Crippen MR) is 121 cm³/mol. The summed E-state index contributed by atoms with van der Waals surface area (Å²) < 4.78 is 22.9. The van der Waals surface area contributed by atoms with Crippen molar-refractivity contribution < 1.29 is 23.2 Å². The van der Waals surface area contributed by atoms with Crippen LogP contribution >= 0.6 is 0 Å². The number of rotatable bonds is 6. The summed E-state index contributed by atoms with van der Waals surface area (Å²) in [5, 5.41) is 6.18. The van der Waals surface area contributed by atoms with Crippen LogP contribution in [0.2, 0.25) is 0 Å². The van der Waals surface area contributed by atoms with Crippen LogP contribution in [0.4, 0.5) is 15.0 Å². The number of anilines is 1. The Bertz CT molecular complexity index is 1170. The molecule has 1 saturated carbocycles. The number of pyridine rings is 1. The number of carbonyl (C=O) groups excluding carboxylic acids is 2. The molecule has 1 saturated heterocycles. The molecule has 34 heavy (non-hydrogen) atoms. The van der Waals surface area contributed by atoms with E-state index in [4.69, 9.17) is 15.0 Å². The number of nitrogens with two attached hydrogens (primary N) is 1. The second kappa shape index (κ2) is 9.12. The number of primary amides is 1. The first-order valence-corrected chi connectivity index (χ1v) is 11.1. The van der Waals surface area contributed by atoms with Gasteiger partial charge >= 0.3 is 12.0 Å². The lowest BCUT2D eigenvalue weighted by atomic mass is 10.0. The van der Waals surface area contributed by atoms with Crippen LogP contribution in [0.5, 0.6) is 5.95 Å². The zero-order valence-corrected chi connectivity index (χ0v) is 18.3. The van der Waals surface area contributed by atoms with E-state index in [9.17, 15) is 14.0 Å². The molecule has 176 valence electrons. The number of ether oxygens (including phenoxy) is 1. The molecule has 9 nitrogen and oxygen atoms in total. The third kappa shape index (κ3) is 4.70. The van der Waals surface area contributed by atoms with Gasteiger partial charge in [0.05, 0.1) is 6.07 Å². The maximum absolute atomic E-state index is 13.1. The number of carbonyl (C=O) groups is 2. The van der Waals surface area contributed by atoms with E-state index in [-0.39, 0.29) is 17.5 Å². The SMILES string of the molecule is NC(=O)c1cc(OC(=O)NCC2C[C@@H]3CN(c4ccc(-c5ccc(F)cc5)cn4)C[C@@H]3C2)on1. The van der Waals surface area contributed by atoms with Gasteiger partial charge < -0.3 is 25.2 Å². The van der Waals surface area contributed by atoms with Gasteiger partial charge in [0, 0.05) is 31.4 Å². The summed E-state index contributed by atoms with van der Waals surface area (Å²) in [7, 11) is 0. The van der Waals surface area contributed by atoms with E-state index in [0.29, 0.717) is 24.3 Å². The Kier molecular flexibility index (Phi) is 5.87. The molecular formula is C24H24FN5O4. The fourth-order valence-corrected chi connectivity index (χ4v) is 4.94. The lowest BCUT2D eigenvalue weighted by Crippen LogP contribution is -2.32. The predicted octanol–water partition coefficient (Wildman–Crippen LogP) is 3.23. The van der Waals surface area contributed by atoms with E-state index in [1.165, 1.54) is 18.2 Å². The van der Waals surface area contributed by atoms with E-state index in [1.807, 2.05) is 18.3 Å². The summed E-state index contributed by atoms with van der Waals surface area (Å²) in [6, 6.07) is 11.6. The van der Waals surface area contributed by atoms with Crippen molar-refractivity contribution in [2.45, 2.75) is 12.8 Å². The highest BCUT2D eigenvalue weighted by Crippen LogP contribution is 2.42. The molecule has 3 heterocycles. The Hall–Kier alpha value is -3.95. The summed E-state index contributed by atoms with van der Waals surface area (Å²) in [6.07, 6.45) is 3.21. The highest BCUT2D eigenvalue weighted by atomic mass is 19.1. The standard InChI is InChI=1S/C24H24FN5O4/c25-19-4-1-15(2-5-19)16-3-6-21(27-11-16)30-12-17-7-14(8-18(17)13-30)10-28-24(32)33-22-9-20(23(26)31)29-34-22/h1-6,9,11,14,17-18H,7-8,10,12-13H2,(H2,26,31)(H,28,32)/t14?,17-,18+. The van der Waals surface area contributed by atoms with Gasteiger partial charge in [-0.3, -0.25) is 4.79 Å². The minimum atomic E-state index is -0.760. The first-order valence-electron chi connectivity index (χ1n) is 11.1. The zero-order chi connectivity index (χ0) is 23.7. The molecular weight excluding hydrogens is 441 g/mol. The van der Waals surface area contributed by atoms with Crippen molar-refractivity contribution in [1.82, 2.24) is 15.5 Å². The van der Waals surface area contributed by atoms with Crippen LogP contribution in [-0.4, -0.2) is 41.8 Å². The van der Waals surface area contributed by atoms with Gasteiger partial charge in [0.25, 0.3) is 5.91 Å². The smallest absolute Gasteiger partial charge is 0.374 e. The topological polar surface area (TPSA) is 124 Å². The third-order valence-electron chi connectivity index (χ3n) is 6.57. The minimum absolute atomic E-state index is 0.101. The first-order chi connectivity index (χ1) is 16.4. The summed E-state index contributed by atoms with van der Waals surface area (Å²) in [6.45, 7) is 2.37. The number of hydrogen-bond acceptors (Lipinski definition) is 7. The number of amides is 2. The summed E-state index contributed by atoms with van der Waals surface area (Å²) >= 11 is 0. The van der Waals surface area contributed by atoms with Crippen molar-refractivity contribution >= 4 is 17.8 Å². The molecule has 3 atom stereocenters. The third-order valence-corrected chi connectivity index (χ3v) is 6.57. The molecule has 3 aromatic rings. The summed E-state index contributed by atoms with van der Waals surface area (Å²) in [5.41, 5.74) is 6.88. The molecule has 1 unspecified atom stereocenters. The van der Waals surface area contributed by atoms with Gasteiger partial charge in [-0.05, 0) is 60.4 Å². The molecule has 0 spiro atoms. The molecule has 5 rings (SSSR count). The van der Waals surface area contributed by atoms with E-state index in [0.717, 1.165) is 42.9 Å². The van der Waals surface area contributed by atoms with Crippen molar-refractivity contribution in [2.75, 3.05) is 24.5 Å². The molecule has 2 amide bonds. The van der Waals surface area contributed by atoms with Crippen LogP contribution in [-0.2, 0) is 0 Å². The lowest BCUT2D eigenvalue weighted by Gasteiger charge is -2.20. The summed E-state index contributed by atoms with van der Waals surface area (Å²) in [4.78, 5) is 30.0. The number of nitrogens with zero attached hydrogens (tertiary/aromatic N) is 3. The first kappa shape index (κ1) is 21.9. The Labute approximate surface area is 195 Å². The molecule has 1 aliphatic heterocycles. The average molecular weight is 465 g/mol. The van der Waals surface area contributed by atoms with Gasteiger partial charge in [-0.1, -0.05) is 17.3 Å². The van der Waals surface area contributed by atoms with Gasteiger partial charge in [-0.15, -0.1) is 0 Å². The van der Waals surface area contributed by atoms with Crippen molar-refractivity contribution in [2.24, 2.45) is 23.5 Å². The quantitative estimate of drug-likeness (QED) is 0.573. The number of benzene rings is 1. The number of halogens is 1. The van der Waals surface area contributed by atoms with Crippen LogP contribution in [0.3, 0.4) is 0 Å². The highest BCUT2D eigenvalue weighted by molar-refractivity contribution is 5.90. The maximum Gasteiger partial charge on any atom is 0.415 e. The Balaban J connectivity index is 1.09. The second-order valence-electron chi connectivity index (χ2n) is 8.84. The van der Waals surface area contributed by atoms with Gasteiger partial charge in [0.1, 0.15) is 11.6 Å². The molecule has 2 aromatic heterocycles. The molecule has 2 fully saturated rings. The number of aromatic nitrogens is 2. The molecule has 1 aromatic carbocycles. The number of hydrogen-bond donors (Lipinski definition) is 2. The average Bonchev–Trinajstić information content (AvgIpc) is 3.54. The lowest BCUT2D eigenvalue weighted by molar-refractivity contribution is 0.0991. The maximum atomic E-state index is 13.1. The molecule has 0 bridgehead atoms. The molecule has 10 heteroatoms. The fourth-order valence-electron chi connectivity index (χ4n) is 4.94. The van der Waals surface area contributed by atoms with E-state index < -0.39 is 12.0 Å². The molecule has 0 radical (unpaired) electrons. The van der Waals surface area contributed by atoms with Crippen LogP contribution in [0, 0.1) is 23.6 Å². The van der Waals surface area contributed by atoms with E-state index in [1.54, 1.807) is 12.1 Å². The Morgan fingerprint density at radius 2 is 1.82 bits per heavy atom. The van der Waals surface area contributed by atoms with Crippen LogP contribution in [0.25, 0.3) is 11.1 Å². The largest absolute Gasteiger partial charge is 0.415 e. The van der Waals surface area contributed by atoms with Crippen molar-refractivity contribution in [3.05, 3.63) is 60.2 Å². The normalized spacial score (nSPS) is 21.3. The number of nitrogens with one attached hydrogen (secondary N) is 1. The second-order valence-corrected chi connectivity index (χ2v) is 8.84. The molecule has 2 aliphatic rings. The Morgan fingerprint density at radius 3 is 2.44 bits per heavy atom. The monoisotopic (exact) mass is 465 g/mol. The van der Waals surface area contributed by atoms with Crippen LogP contribution in [0.1, 0.15) is 23.3 Å². The van der Waals surface area contributed by atoms with Gasteiger partial charge in [-0.2, -0.15) is 0 Å². The van der Waals surface area contributed by atoms with Crippen LogP contribution < -0.4 is 20.7 Å². The fraction of sp³-hybridized carbons (Fsp3) is 0.333. The van der Waals surface area contributed by atoms with Crippen molar-refractivity contribution in [1.29, 1.82) is 0 Å². The van der Waals surface area contributed by atoms with Crippen molar-refractivity contribution in [3.8, 4) is 17.1 Å². The van der Waals surface area contributed by atoms with Gasteiger partial charge in [0.2, 0.25) is 0 Å². The number of fused-ring (bicyclic) bond motifs is 1. The zero-order valence-electron chi connectivity index (χ0n) is 18.3.